The molecule has 612 valence electrons. The highest BCUT2D eigenvalue weighted by Gasteiger charge is 2.43. The molecule has 0 saturated carbocycles. The van der Waals surface area contributed by atoms with Gasteiger partial charge in [0.1, 0.15) is 65.2 Å². The fourth-order valence-corrected chi connectivity index (χ4v) is 12.4. The number of aliphatic hydroxyl groups is 3. The Bertz CT molecular complexity index is 4100. The third kappa shape index (κ3) is 29.4. The lowest BCUT2D eigenvalue weighted by Crippen LogP contribution is -2.67. The molecule has 12 amide bonds. The van der Waals surface area contributed by atoms with E-state index in [4.69, 9.17) is 16.0 Å². The van der Waals surface area contributed by atoms with E-state index in [1.807, 2.05) is 57.2 Å². The molecule has 2 aliphatic heterocycles. The number of hydrogen-bond acceptors (Lipinski definition) is 22. The molecule has 10 atom stereocenters. The molecule has 4 aromatic carbocycles. The number of ether oxygens (including phenoxy) is 1. The van der Waals surface area contributed by atoms with Crippen molar-refractivity contribution in [2.24, 2.45) is 15.9 Å². The summed E-state index contributed by atoms with van der Waals surface area (Å²) in [5.41, 5.74) is 25.4. The number of likely N-dealkylation sites (tertiary alicyclic amines) is 1. The first kappa shape index (κ1) is 90.0. The van der Waals surface area contributed by atoms with Gasteiger partial charge in [-0.15, -0.1) is 10.6 Å². The maximum atomic E-state index is 15.5. The molecule has 2 aliphatic rings. The normalized spacial score (nSPS) is 15.2. The lowest BCUT2D eigenvalue weighted by atomic mass is 9.90. The van der Waals surface area contributed by atoms with E-state index in [9.17, 15) is 82.8 Å². The first-order valence-electron chi connectivity index (χ1n) is 37.0. The van der Waals surface area contributed by atoms with Crippen molar-refractivity contribution in [3.63, 3.8) is 0 Å². The van der Waals surface area contributed by atoms with Crippen molar-refractivity contribution in [3.05, 3.63) is 135 Å². The SMILES string of the molecule is CCc1cc(OCCCCN=[N+]=[N-])ccc1-c1ccc(C[C@H](NC(=O)[C@H](CC(=O)O)NC(=O)[C@H](CO)NC(=O)[C@@H](NC(=O)[C@](C)(Cc2ccccc2F)NC(=O)[C@@H](NC(=O)CNC(=O)[C@H](CC2=NNNN2)NC(=O)CCNC(=O)CCN2CCCC2=O)[C@@H](C)O)[C@@H](C)O)C(=O)N[C@@H](CCCc2cc(C)cc(C)c2)C(N)=O)cc1. The average molecular weight is 1580 g/mol. The van der Waals surface area contributed by atoms with E-state index >= 15 is 4.39 Å². The number of hydrogen-bond donors (Lipinski definition) is 18. The van der Waals surface area contributed by atoms with Crippen LogP contribution in [-0.2, 0) is 88.0 Å². The highest BCUT2D eigenvalue weighted by atomic mass is 19.1. The number of carboxylic acids is 1. The van der Waals surface area contributed by atoms with Crippen LogP contribution in [0.3, 0.4) is 0 Å². The zero-order valence-electron chi connectivity index (χ0n) is 63.8. The summed E-state index contributed by atoms with van der Waals surface area (Å²) >= 11 is 0. The molecule has 0 unspecified atom stereocenters. The van der Waals surface area contributed by atoms with E-state index in [-0.39, 0.29) is 62.5 Å². The molecule has 0 aromatic heterocycles. The Morgan fingerprint density at radius 3 is 2.00 bits per heavy atom. The van der Waals surface area contributed by atoms with Crippen LogP contribution in [0.1, 0.15) is 125 Å². The number of nitrogens with zero attached hydrogens (tertiary/aromatic N) is 5. The lowest BCUT2D eigenvalue weighted by Gasteiger charge is -2.34. The van der Waals surface area contributed by atoms with Crippen LogP contribution in [0.2, 0.25) is 0 Å². The minimum Gasteiger partial charge on any atom is -0.494 e. The van der Waals surface area contributed by atoms with Crippen molar-refractivity contribution in [2.75, 3.05) is 45.9 Å². The number of carboxylic acid groups (broad SMARTS) is 1. The van der Waals surface area contributed by atoms with Gasteiger partial charge in [-0.05, 0) is 137 Å². The van der Waals surface area contributed by atoms with E-state index in [1.165, 1.54) is 18.2 Å². The second kappa shape index (κ2) is 44.8. The molecule has 0 bridgehead atoms. The summed E-state index contributed by atoms with van der Waals surface area (Å²) in [4.78, 5) is 181. The van der Waals surface area contributed by atoms with Gasteiger partial charge in [-0.25, -0.2) is 9.93 Å². The average Bonchev–Trinajstić information content (AvgIpc) is 1.06. The van der Waals surface area contributed by atoms with Crippen molar-refractivity contribution < 1.29 is 91.9 Å². The maximum Gasteiger partial charge on any atom is 0.305 e. The van der Waals surface area contributed by atoms with Gasteiger partial charge in [0, 0.05) is 69.6 Å². The molecule has 0 aliphatic carbocycles. The largest absolute Gasteiger partial charge is 0.494 e. The Morgan fingerprint density at radius 1 is 0.717 bits per heavy atom. The van der Waals surface area contributed by atoms with Crippen molar-refractivity contribution >= 4 is 82.7 Å². The summed E-state index contributed by atoms with van der Waals surface area (Å²) in [6.45, 7) is 8.20. The highest BCUT2D eigenvalue weighted by Crippen LogP contribution is 2.29. The van der Waals surface area contributed by atoms with Crippen LogP contribution >= 0.6 is 0 Å². The molecule has 2 heterocycles. The minimum absolute atomic E-state index is 0.00309. The van der Waals surface area contributed by atoms with Gasteiger partial charge in [-0.3, -0.25) is 67.8 Å². The number of hydrazone groups is 1. The quantitative estimate of drug-likeness (QED) is 0.0108. The third-order valence-electron chi connectivity index (χ3n) is 18.4. The number of unbranched alkanes of at least 4 members (excludes halogenated alkanes) is 1. The number of halogens is 1. The summed E-state index contributed by atoms with van der Waals surface area (Å²) in [5, 5.41) is 73.9. The second-order valence-electron chi connectivity index (χ2n) is 27.8. The van der Waals surface area contributed by atoms with Crippen LogP contribution in [0.15, 0.2) is 95.1 Å². The minimum atomic E-state index is -2.40. The number of amidine groups is 1. The molecule has 1 fully saturated rings. The zero-order chi connectivity index (χ0) is 82.9. The number of azide groups is 1. The van der Waals surface area contributed by atoms with E-state index in [0.717, 1.165) is 60.2 Å². The zero-order valence-corrected chi connectivity index (χ0v) is 63.8. The van der Waals surface area contributed by atoms with Crippen LogP contribution in [0.4, 0.5) is 4.39 Å². The van der Waals surface area contributed by atoms with E-state index in [0.29, 0.717) is 76.0 Å². The first-order chi connectivity index (χ1) is 53.8. The van der Waals surface area contributed by atoms with Gasteiger partial charge in [-0.2, -0.15) is 0 Å². The number of rotatable bonds is 47. The first-order valence-corrected chi connectivity index (χ1v) is 37.0. The van der Waals surface area contributed by atoms with E-state index in [2.05, 4.69) is 84.8 Å². The fourth-order valence-electron chi connectivity index (χ4n) is 12.4. The predicted molar refractivity (Wildman–Crippen MR) is 407 cm³/mol. The van der Waals surface area contributed by atoms with Gasteiger partial charge >= 0.3 is 5.97 Å². The van der Waals surface area contributed by atoms with Crippen molar-refractivity contribution in [3.8, 4) is 16.9 Å². The molecular weight excluding hydrogens is 1470 g/mol. The van der Waals surface area contributed by atoms with Gasteiger partial charge in [0.15, 0.2) is 0 Å². The molecule has 6 rings (SSSR count). The maximum absolute atomic E-state index is 15.5. The molecular formula is C75H102FN19O18. The summed E-state index contributed by atoms with van der Waals surface area (Å²) in [7, 11) is 0. The second-order valence-corrected chi connectivity index (χ2v) is 27.8. The predicted octanol–water partition coefficient (Wildman–Crippen LogP) is -1.12. The van der Waals surface area contributed by atoms with E-state index in [1.54, 1.807) is 29.2 Å². The molecule has 0 radical (unpaired) electrons. The van der Waals surface area contributed by atoms with Crippen molar-refractivity contribution in [1.29, 1.82) is 0 Å². The third-order valence-corrected chi connectivity index (χ3v) is 18.4. The number of aliphatic hydroxyl groups excluding tert-OH is 3. The monoisotopic (exact) mass is 1580 g/mol. The number of benzene rings is 4. The summed E-state index contributed by atoms with van der Waals surface area (Å²) in [6, 6.07) is 11.0. The number of nitrogens with one attached hydrogen (secondary N) is 13. The molecule has 19 N–H and O–H groups in total. The van der Waals surface area contributed by atoms with Gasteiger partial charge in [-0.1, -0.05) is 89.9 Å². The Labute approximate surface area is 651 Å². The number of nitrogens with two attached hydrogens (primary N) is 1. The van der Waals surface area contributed by atoms with Gasteiger partial charge in [0.25, 0.3) is 0 Å². The Balaban J connectivity index is 1.15. The highest BCUT2D eigenvalue weighted by molar-refractivity contribution is 6.01. The lowest BCUT2D eigenvalue weighted by molar-refractivity contribution is -0.142. The van der Waals surface area contributed by atoms with Crippen LogP contribution in [0, 0.1) is 19.7 Å². The molecule has 37 nitrogen and oxygen atoms in total. The van der Waals surface area contributed by atoms with E-state index < -0.39 is 163 Å². The van der Waals surface area contributed by atoms with Crippen molar-refractivity contribution in [1.82, 2.24) is 74.6 Å². The smallest absolute Gasteiger partial charge is 0.305 e. The number of primary amides is 1. The van der Waals surface area contributed by atoms with Crippen LogP contribution in [0.25, 0.3) is 21.6 Å². The van der Waals surface area contributed by atoms with Gasteiger partial charge in [0.05, 0.1) is 38.4 Å². The molecule has 0 spiro atoms. The Morgan fingerprint density at radius 2 is 1.37 bits per heavy atom. The summed E-state index contributed by atoms with van der Waals surface area (Å²) in [5.74, 6) is -13.5. The Hall–Kier alpha value is -11.9. The number of aliphatic carboxylic acids is 1. The van der Waals surface area contributed by atoms with Crippen LogP contribution in [-0.4, -0.2) is 214 Å². The fraction of sp³-hybridized carbons (Fsp3) is 0.493. The van der Waals surface area contributed by atoms with Crippen molar-refractivity contribution in [2.45, 2.75) is 191 Å². The topological polar surface area (TPSA) is 559 Å². The van der Waals surface area contributed by atoms with Crippen LogP contribution < -0.4 is 80.1 Å². The number of hydrazine groups is 2. The molecule has 38 heteroatoms. The molecule has 1 saturated heterocycles. The summed E-state index contributed by atoms with van der Waals surface area (Å²) < 4.78 is 21.5. The standard InChI is InChI=1S/C75H102FN19O18/c1-7-48-36-51(113-31-11-10-27-81-92-78)23-24-52(48)49-21-19-46(20-22-49)35-55(69(107)83-54(67(77)105)17-12-14-47-33-42(2)32-43(3)34-47)84-70(108)57(38-64(103)104)85-71(109)58(41-96)86-72(110)65(44(4)97)88-74(112)75(6,39-50-15-8-9-16-53(50)76)89-73(111)66(45(5)98)87-62(101)40-80-68(106)56(37-59-90-93-94-91-59)82-61(100)25-28-79-60(99)26-30-95-29-13-18-63(95)102/h8-9,15-16,19-24,32-34,36,44-45,54-58,65-66,93-94,96-98H,7,10-14,17-18,25-31,35,37-41H2,1-6H3,(H2,77,105)(H,79,99)(H,80,106)(H,82,100)(H,83,107)(H,84,108)(H,85,109)(H,86,110)(H,87,101)(H,88,112)(H,89,111)(H,90,91)(H,103,104)/t44-,45-,54+,55+,56+,57+,58+,65+,66+,75+/m1/s1. The number of carbonyl (C=O) groups is 13. The van der Waals surface area contributed by atoms with Gasteiger partial charge in [0.2, 0.25) is 70.9 Å². The Kier molecular flexibility index (Phi) is 35.7. The number of amides is 12. The number of carbonyl (C=O) groups excluding carboxylic acids is 12. The molecule has 113 heavy (non-hydrogen) atoms. The summed E-state index contributed by atoms with van der Waals surface area (Å²) in [6.07, 6.45) is -2.42. The number of aryl methyl sites for hydroxylation is 4. The van der Waals surface area contributed by atoms with Crippen LogP contribution in [0.5, 0.6) is 5.75 Å². The van der Waals surface area contributed by atoms with Gasteiger partial charge < -0.3 is 89.0 Å². The molecule has 4 aromatic rings.